The highest BCUT2D eigenvalue weighted by Gasteiger charge is 2.43. The van der Waals surface area contributed by atoms with Gasteiger partial charge in [0, 0.05) is 19.9 Å². The van der Waals surface area contributed by atoms with E-state index in [1.807, 2.05) is 20.8 Å². The fraction of sp³-hybridized carbons (Fsp3) is 0.476. The van der Waals surface area contributed by atoms with Gasteiger partial charge in [-0.2, -0.15) is 0 Å². The monoisotopic (exact) mass is 373 g/mol. The Morgan fingerprint density at radius 2 is 2.00 bits per heavy atom. The summed E-state index contributed by atoms with van der Waals surface area (Å²) in [6.07, 6.45) is 1.87. The molecule has 1 aliphatic rings. The van der Waals surface area contributed by atoms with E-state index in [1.54, 1.807) is 24.3 Å². The van der Waals surface area contributed by atoms with Gasteiger partial charge in [0.05, 0.1) is 11.6 Å². The van der Waals surface area contributed by atoms with Crippen molar-refractivity contribution in [2.45, 2.75) is 53.0 Å². The van der Waals surface area contributed by atoms with Crippen LogP contribution in [0.3, 0.4) is 0 Å². The molecule has 1 aromatic carbocycles. The van der Waals surface area contributed by atoms with Crippen LogP contribution in [-0.4, -0.2) is 34.2 Å². The minimum atomic E-state index is -0.675. The summed E-state index contributed by atoms with van der Waals surface area (Å²) in [6.45, 7) is 7.58. The first-order valence-corrected chi connectivity index (χ1v) is 9.31. The molecule has 0 bridgehead atoms. The highest BCUT2D eigenvalue weighted by Crippen LogP contribution is 2.39. The van der Waals surface area contributed by atoms with Crippen LogP contribution < -0.4 is 4.74 Å². The fourth-order valence-electron chi connectivity index (χ4n) is 3.24. The van der Waals surface area contributed by atoms with Gasteiger partial charge in [-0.3, -0.25) is 14.4 Å². The standard InChI is InChI=1S/C21H27NO5/c1-5-6-10-22-19(15-8-7-9-16(12-15)27-14(4)23)18(20(25)21(22)26)17(24)11-13(2)3/h7-9,12-13,19,25H,5-6,10-11H2,1-4H3. The van der Waals surface area contributed by atoms with Crippen LogP contribution in [0, 0.1) is 5.92 Å². The Morgan fingerprint density at radius 3 is 2.59 bits per heavy atom. The van der Waals surface area contributed by atoms with Crippen molar-refractivity contribution in [3.8, 4) is 5.75 Å². The Bertz CT molecular complexity index is 766. The topological polar surface area (TPSA) is 83.9 Å². The number of carbonyl (C=O) groups is 3. The van der Waals surface area contributed by atoms with Gasteiger partial charge in [-0.05, 0) is 30.0 Å². The Balaban J connectivity index is 2.49. The number of hydrogen-bond donors (Lipinski definition) is 1. The molecule has 1 aromatic rings. The normalized spacial score (nSPS) is 17.0. The number of nitrogens with zero attached hydrogens (tertiary/aromatic N) is 1. The molecule has 6 nitrogen and oxygen atoms in total. The molecule has 0 aromatic heterocycles. The molecule has 27 heavy (non-hydrogen) atoms. The molecular formula is C21H27NO5. The number of ketones is 1. The van der Waals surface area contributed by atoms with Crippen LogP contribution in [0.25, 0.3) is 0 Å². The summed E-state index contributed by atoms with van der Waals surface area (Å²) in [5, 5.41) is 10.4. The first-order chi connectivity index (χ1) is 12.8. The van der Waals surface area contributed by atoms with Crippen LogP contribution in [0.1, 0.15) is 58.6 Å². The number of carbonyl (C=O) groups excluding carboxylic acids is 3. The highest BCUT2D eigenvalue weighted by atomic mass is 16.5. The van der Waals surface area contributed by atoms with E-state index in [0.29, 0.717) is 17.9 Å². The van der Waals surface area contributed by atoms with Gasteiger partial charge in [-0.1, -0.05) is 39.3 Å². The van der Waals surface area contributed by atoms with Crippen LogP contribution in [-0.2, 0) is 14.4 Å². The average molecular weight is 373 g/mol. The third-order valence-corrected chi connectivity index (χ3v) is 4.39. The fourth-order valence-corrected chi connectivity index (χ4v) is 3.24. The van der Waals surface area contributed by atoms with Gasteiger partial charge in [-0.15, -0.1) is 0 Å². The number of benzene rings is 1. The summed E-state index contributed by atoms with van der Waals surface area (Å²) < 4.78 is 5.14. The van der Waals surface area contributed by atoms with Gasteiger partial charge >= 0.3 is 5.97 Å². The highest BCUT2D eigenvalue weighted by molar-refractivity contribution is 6.09. The molecule has 0 saturated heterocycles. The number of aliphatic hydroxyl groups is 1. The summed E-state index contributed by atoms with van der Waals surface area (Å²) in [5.74, 6) is -1.25. The molecule has 1 N–H and O–H groups in total. The second kappa shape index (κ2) is 8.84. The number of Topliss-reactive ketones (excluding diaryl/α,β-unsaturated/α-hetero) is 1. The molecular weight excluding hydrogens is 346 g/mol. The molecule has 0 radical (unpaired) electrons. The SMILES string of the molecule is CCCCN1C(=O)C(O)=C(C(=O)CC(C)C)C1c1cccc(OC(C)=O)c1. The predicted octanol–water partition coefficient (Wildman–Crippen LogP) is 3.72. The number of esters is 1. The zero-order chi connectivity index (χ0) is 20.1. The number of aliphatic hydroxyl groups excluding tert-OH is 1. The van der Waals surface area contributed by atoms with E-state index in [2.05, 4.69) is 0 Å². The van der Waals surface area contributed by atoms with Crippen LogP contribution in [0.2, 0.25) is 0 Å². The molecule has 1 heterocycles. The summed E-state index contributed by atoms with van der Waals surface area (Å²) in [7, 11) is 0. The molecule has 6 heteroatoms. The van der Waals surface area contributed by atoms with Crippen molar-refractivity contribution in [2.24, 2.45) is 5.92 Å². The second-order valence-corrected chi connectivity index (χ2v) is 7.20. The lowest BCUT2D eigenvalue weighted by molar-refractivity contribution is -0.132. The molecule has 2 rings (SSSR count). The van der Waals surface area contributed by atoms with Crippen LogP contribution in [0.4, 0.5) is 0 Å². The molecule has 0 fully saturated rings. The van der Waals surface area contributed by atoms with Crippen molar-refractivity contribution in [3.63, 3.8) is 0 Å². The third-order valence-electron chi connectivity index (χ3n) is 4.39. The van der Waals surface area contributed by atoms with Crippen molar-refractivity contribution in [1.82, 2.24) is 4.90 Å². The van der Waals surface area contributed by atoms with E-state index in [-0.39, 0.29) is 23.7 Å². The zero-order valence-electron chi connectivity index (χ0n) is 16.3. The van der Waals surface area contributed by atoms with Gasteiger partial charge in [0.15, 0.2) is 11.5 Å². The molecule has 146 valence electrons. The van der Waals surface area contributed by atoms with Crippen LogP contribution in [0.15, 0.2) is 35.6 Å². The molecule has 0 spiro atoms. The number of ether oxygens (including phenoxy) is 1. The first-order valence-electron chi connectivity index (χ1n) is 9.31. The van der Waals surface area contributed by atoms with Crippen molar-refractivity contribution in [1.29, 1.82) is 0 Å². The first kappa shape index (κ1) is 20.7. The summed E-state index contributed by atoms with van der Waals surface area (Å²) in [5.41, 5.74) is 0.763. The number of unbranched alkanes of at least 4 members (excludes halogenated alkanes) is 1. The van der Waals surface area contributed by atoms with Crippen LogP contribution in [0.5, 0.6) is 5.75 Å². The minimum absolute atomic E-state index is 0.102. The predicted molar refractivity (Wildman–Crippen MR) is 101 cm³/mol. The molecule has 0 aliphatic carbocycles. The maximum atomic E-state index is 12.8. The Morgan fingerprint density at radius 1 is 1.30 bits per heavy atom. The van der Waals surface area contributed by atoms with E-state index in [4.69, 9.17) is 4.74 Å². The molecule has 1 atom stereocenters. The Kier molecular flexibility index (Phi) is 6.77. The van der Waals surface area contributed by atoms with E-state index in [9.17, 15) is 19.5 Å². The third kappa shape index (κ3) is 4.76. The number of amides is 1. The van der Waals surface area contributed by atoms with E-state index in [1.165, 1.54) is 11.8 Å². The molecule has 0 saturated carbocycles. The average Bonchev–Trinajstić information content (AvgIpc) is 2.83. The molecule has 1 unspecified atom stereocenters. The van der Waals surface area contributed by atoms with Crippen molar-refractivity contribution in [2.75, 3.05) is 6.54 Å². The maximum Gasteiger partial charge on any atom is 0.308 e. The van der Waals surface area contributed by atoms with E-state index < -0.39 is 23.7 Å². The lowest BCUT2D eigenvalue weighted by Crippen LogP contribution is -2.32. The summed E-state index contributed by atoms with van der Waals surface area (Å²) >= 11 is 0. The lowest BCUT2D eigenvalue weighted by atomic mass is 9.92. The molecule has 1 amide bonds. The number of rotatable bonds is 8. The second-order valence-electron chi connectivity index (χ2n) is 7.20. The molecule has 1 aliphatic heterocycles. The van der Waals surface area contributed by atoms with Crippen LogP contribution >= 0.6 is 0 Å². The summed E-state index contributed by atoms with van der Waals surface area (Å²) in [6, 6.07) is 6.07. The van der Waals surface area contributed by atoms with Gasteiger partial charge in [0.1, 0.15) is 5.75 Å². The smallest absolute Gasteiger partial charge is 0.308 e. The van der Waals surface area contributed by atoms with Gasteiger partial charge < -0.3 is 14.7 Å². The van der Waals surface area contributed by atoms with E-state index >= 15 is 0 Å². The Labute approximate surface area is 159 Å². The van der Waals surface area contributed by atoms with Crippen molar-refractivity contribution >= 4 is 17.7 Å². The maximum absolute atomic E-state index is 12.8. The van der Waals surface area contributed by atoms with Crippen molar-refractivity contribution < 1.29 is 24.2 Å². The van der Waals surface area contributed by atoms with Gasteiger partial charge in [-0.25, -0.2) is 0 Å². The largest absolute Gasteiger partial charge is 0.503 e. The van der Waals surface area contributed by atoms with Crippen molar-refractivity contribution in [3.05, 3.63) is 41.2 Å². The van der Waals surface area contributed by atoms with Gasteiger partial charge in [0.25, 0.3) is 5.91 Å². The van der Waals surface area contributed by atoms with E-state index in [0.717, 1.165) is 12.8 Å². The zero-order valence-corrected chi connectivity index (χ0v) is 16.3. The quantitative estimate of drug-likeness (QED) is 0.554. The minimum Gasteiger partial charge on any atom is -0.503 e. The Hall–Kier alpha value is -2.63. The lowest BCUT2D eigenvalue weighted by Gasteiger charge is -2.27. The summed E-state index contributed by atoms with van der Waals surface area (Å²) in [4.78, 5) is 38.2. The van der Waals surface area contributed by atoms with Gasteiger partial charge in [0.2, 0.25) is 0 Å². The number of hydrogen-bond acceptors (Lipinski definition) is 5.